The third-order valence-corrected chi connectivity index (χ3v) is 4.65. The molecule has 120 valence electrons. The zero-order valence-corrected chi connectivity index (χ0v) is 12.8. The van der Waals surface area contributed by atoms with Gasteiger partial charge < -0.3 is 14.6 Å². The molecule has 1 N–H and O–H groups in total. The lowest BCUT2D eigenvalue weighted by atomic mass is 9.95. The Hall–Kier alpha value is -1.14. The number of nitrogens with zero attached hydrogens (tertiary/aromatic N) is 1. The van der Waals surface area contributed by atoms with Gasteiger partial charge in [-0.25, -0.2) is 0 Å². The number of aliphatic hydroxyl groups is 1. The largest absolute Gasteiger partial charge is 0.469 e. The third-order valence-electron chi connectivity index (χ3n) is 4.65. The van der Waals surface area contributed by atoms with Crippen LogP contribution in [-0.4, -0.2) is 60.9 Å². The van der Waals surface area contributed by atoms with Crippen LogP contribution in [0.1, 0.15) is 32.6 Å². The van der Waals surface area contributed by atoms with Gasteiger partial charge in [0.25, 0.3) is 0 Å². The van der Waals surface area contributed by atoms with Crippen molar-refractivity contribution in [2.24, 2.45) is 11.8 Å². The summed E-state index contributed by atoms with van der Waals surface area (Å²) in [6.45, 7) is 3.76. The van der Waals surface area contributed by atoms with Crippen molar-refractivity contribution in [1.29, 1.82) is 0 Å². The molecule has 0 aromatic heterocycles. The fourth-order valence-corrected chi connectivity index (χ4v) is 3.47. The summed E-state index contributed by atoms with van der Waals surface area (Å²) in [4.78, 5) is 25.5. The van der Waals surface area contributed by atoms with E-state index >= 15 is 0 Å². The number of methoxy groups -OCH3 is 1. The number of hydrogen-bond donors (Lipinski definition) is 1. The van der Waals surface area contributed by atoms with Gasteiger partial charge in [0.2, 0.25) is 0 Å². The Morgan fingerprint density at radius 3 is 2.38 bits per heavy atom. The van der Waals surface area contributed by atoms with E-state index in [2.05, 4.69) is 4.90 Å². The van der Waals surface area contributed by atoms with Crippen molar-refractivity contribution >= 4 is 11.9 Å². The average Bonchev–Trinajstić information content (AvgIpc) is 2.89. The van der Waals surface area contributed by atoms with Gasteiger partial charge in [-0.2, -0.15) is 0 Å². The second-order valence-corrected chi connectivity index (χ2v) is 5.89. The number of ether oxygens (including phenoxy) is 2. The van der Waals surface area contributed by atoms with Crippen LogP contribution in [0.25, 0.3) is 0 Å². The fourth-order valence-electron chi connectivity index (χ4n) is 3.47. The first-order valence-corrected chi connectivity index (χ1v) is 7.73. The van der Waals surface area contributed by atoms with Gasteiger partial charge in [0.05, 0.1) is 31.7 Å². The zero-order valence-electron chi connectivity index (χ0n) is 12.8. The number of aliphatic hydroxyl groups excluding tert-OH is 1. The molecule has 1 saturated heterocycles. The topological polar surface area (TPSA) is 76.1 Å². The zero-order chi connectivity index (χ0) is 15.4. The summed E-state index contributed by atoms with van der Waals surface area (Å²) in [5.74, 6) is -0.594. The van der Waals surface area contributed by atoms with Crippen LogP contribution in [0, 0.1) is 11.8 Å². The minimum atomic E-state index is -0.492. The van der Waals surface area contributed by atoms with Gasteiger partial charge in [0.1, 0.15) is 0 Å². The normalized spacial score (nSPS) is 31.1. The highest BCUT2D eigenvalue weighted by molar-refractivity contribution is 5.73. The van der Waals surface area contributed by atoms with E-state index in [1.807, 2.05) is 6.92 Å². The first kappa shape index (κ1) is 16.2. The highest BCUT2D eigenvalue weighted by atomic mass is 16.5. The molecule has 1 aliphatic carbocycles. The lowest BCUT2D eigenvalue weighted by Crippen LogP contribution is -2.46. The molecular formula is C15H25NO5. The van der Waals surface area contributed by atoms with Gasteiger partial charge in [-0.15, -0.1) is 0 Å². The van der Waals surface area contributed by atoms with Gasteiger partial charge in [-0.3, -0.25) is 14.5 Å². The smallest absolute Gasteiger partial charge is 0.309 e. The predicted molar refractivity (Wildman–Crippen MR) is 75.5 cm³/mol. The van der Waals surface area contributed by atoms with Crippen LogP contribution >= 0.6 is 0 Å². The van der Waals surface area contributed by atoms with Crippen molar-refractivity contribution in [3.05, 3.63) is 0 Å². The third kappa shape index (κ3) is 3.74. The summed E-state index contributed by atoms with van der Waals surface area (Å²) in [5, 5.41) is 10.2. The summed E-state index contributed by atoms with van der Waals surface area (Å²) >= 11 is 0. The molecule has 0 spiro atoms. The molecule has 0 aromatic carbocycles. The number of hydrogen-bond acceptors (Lipinski definition) is 6. The second-order valence-electron chi connectivity index (χ2n) is 5.89. The maximum atomic E-state index is 11.7. The molecule has 6 nitrogen and oxygen atoms in total. The quantitative estimate of drug-likeness (QED) is 0.765. The lowest BCUT2D eigenvalue weighted by Gasteiger charge is -2.36. The minimum absolute atomic E-state index is 0.00255. The van der Waals surface area contributed by atoms with Crippen LogP contribution in [0.15, 0.2) is 0 Å². The van der Waals surface area contributed by atoms with Crippen LogP contribution < -0.4 is 0 Å². The average molecular weight is 299 g/mol. The Morgan fingerprint density at radius 1 is 1.14 bits per heavy atom. The Balaban J connectivity index is 1.85. The van der Waals surface area contributed by atoms with E-state index in [-0.39, 0.29) is 29.8 Å². The maximum absolute atomic E-state index is 11.7. The van der Waals surface area contributed by atoms with E-state index in [4.69, 9.17) is 9.47 Å². The van der Waals surface area contributed by atoms with E-state index in [9.17, 15) is 14.7 Å². The van der Waals surface area contributed by atoms with Crippen molar-refractivity contribution in [2.45, 2.75) is 44.8 Å². The lowest BCUT2D eigenvalue weighted by molar-refractivity contribution is -0.150. The van der Waals surface area contributed by atoms with Crippen molar-refractivity contribution in [1.82, 2.24) is 4.90 Å². The minimum Gasteiger partial charge on any atom is -0.469 e. The van der Waals surface area contributed by atoms with E-state index in [0.717, 1.165) is 25.9 Å². The molecule has 0 unspecified atom stereocenters. The number of likely N-dealkylation sites (tertiary alicyclic amines) is 1. The molecule has 1 saturated carbocycles. The van der Waals surface area contributed by atoms with Crippen molar-refractivity contribution in [2.75, 3.05) is 26.8 Å². The molecule has 2 rings (SSSR count). The van der Waals surface area contributed by atoms with Crippen molar-refractivity contribution in [3.63, 3.8) is 0 Å². The highest BCUT2D eigenvalue weighted by Gasteiger charge is 2.41. The molecule has 21 heavy (non-hydrogen) atoms. The van der Waals surface area contributed by atoms with Crippen LogP contribution in [0.4, 0.5) is 0 Å². The molecule has 0 radical (unpaired) electrons. The van der Waals surface area contributed by atoms with Gasteiger partial charge in [-0.1, -0.05) is 0 Å². The molecule has 0 bridgehead atoms. The highest BCUT2D eigenvalue weighted by Crippen LogP contribution is 2.33. The first-order chi connectivity index (χ1) is 10.1. The van der Waals surface area contributed by atoms with E-state index < -0.39 is 6.10 Å². The summed E-state index contributed by atoms with van der Waals surface area (Å²) in [6, 6.07) is -0.00255. The monoisotopic (exact) mass is 299 g/mol. The molecule has 3 atom stereocenters. The molecule has 0 aromatic rings. The van der Waals surface area contributed by atoms with Crippen LogP contribution in [0.2, 0.25) is 0 Å². The molecule has 2 aliphatic rings. The van der Waals surface area contributed by atoms with Crippen LogP contribution in [0.3, 0.4) is 0 Å². The van der Waals surface area contributed by atoms with Gasteiger partial charge in [0, 0.05) is 6.04 Å². The summed E-state index contributed by atoms with van der Waals surface area (Å²) < 4.78 is 9.82. The Morgan fingerprint density at radius 2 is 1.81 bits per heavy atom. The van der Waals surface area contributed by atoms with E-state index in [0.29, 0.717) is 19.4 Å². The second kappa shape index (κ2) is 7.22. The number of carbonyl (C=O) groups is 2. The standard InChI is InChI=1S/C15H25NO5/c1-3-21-15(19)10-4-6-16(7-5-10)12-8-11(9-13(12)17)14(18)20-2/h10-13,17H,3-9H2,1-2H3/t11-,12-,13+/m1/s1. The summed E-state index contributed by atoms with van der Waals surface area (Å²) in [7, 11) is 1.38. The van der Waals surface area contributed by atoms with Gasteiger partial charge >= 0.3 is 11.9 Å². The van der Waals surface area contributed by atoms with Crippen molar-refractivity contribution < 1.29 is 24.2 Å². The molecule has 0 amide bonds. The summed E-state index contributed by atoms with van der Waals surface area (Å²) in [5.41, 5.74) is 0. The van der Waals surface area contributed by atoms with E-state index in [1.165, 1.54) is 7.11 Å². The molecule has 1 aliphatic heterocycles. The molecular weight excluding hydrogens is 274 g/mol. The molecule has 6 heteroatoms. The number of rotatable bonds is 4. The Bertz CT molecular complexity index is 378. The van der Waals surface area contributed by atoms with Crippen LogP contribution in [0.5, 0.6) is 0 Å². The van der Waals surface area contributed by atoms with Crippen molar-refractivity contribution in [3.8, 4) is 0 Å². The Labute approximate surface area is 125 Å². The summed E-state index contributed by atoms with van der Waals surface area (Å²) in [6.07, 6.45) is 2.12. The Kier molecular flexibility index (Phi) is 5.58. The maximum Gasteiger partial charge on any atom is 0.309 e. The first-order valence-electron chi connectivity index (χ1n) is 7.73. The molecule has 2 fully saturated rings. The van der Waals surface area contributed by atoms with Crippen LogP contribution in [-0.2, 0) is 19.1 Å². The number of esters is 2. The van der Waals surface area contributed by atoms with Gasteiger partial charge in [-0.05, 0) is 45.7 Å². The fraction of sp³-hybridized carbons (Fsp3) is 0.867. The van der Waals surface area contributed by atoms with E-state index in [1.54, 1.807) is 0 Å². The predicted octanol–water partition coefficient (Wildman–Crippen LogP) is 0.574. The molecule has 1 heterocycles. The SMILES string of the molecule is CCOC(=O)C1CCN([C@@H]2C[C@@H](C(=O)OC)C[C@@H]2O)CC1. The number of piperidine rings is 1. The number of carbonyl (C=O) groups excluding carboxylic acids is 2. The van der Waals surface area contributed by atoms with Gasteiger partial charge in [0.15, 0.2) is 0 Å².